The van der Waals surface area contributed by atoms with Gasteiger partial charge in [0.05, 0.1) is 24.9 Å². The molecule has 102 valence electrons. The minimum atomic E-state index is -0.272. The summed E-state index contributed by atoms with van der Waals surface area (Å²) < 4.78 is 7.70. The summed E-state index contributed by atoms with van der Waals surface area (Å²) in [6, 6.07) is 2.65. The van der Waals surface area contributed by atoms with Crippen molar-refractivity contribution in [3.63, 3.8) is 0 Å². The highest BCUT2D eigenvalue weighted by Crippen LogP contribution is 2.27. The molecule has 18 heavy (non-hydrogen) atoms. The largest absolute Gasteiger partial charge is 0.373 e. The minimum absolute atomic E-state index is 0.272. The van der Waals surface area contributed by atoms with Gasteiger partial charge >= 0.3 is 0 Å². The van der Waals surface area contributed by atoms with Crippen LogP contribution in [0, 0.1) is 0 Å². The highest BCUT2D eigenvalue weighted by atomic mass is 16.5. The molecular formula is C14H25N3O. The number of hydrogen-bond donors (Lipinski definition) is 1. The molecule has 0 amide bonds. The molecule has 0 unspecified atom stereocenters. The molecule has 0 aliphatic heterocycles. The SMILES string of the molecule is CC(C)(N)COCc1ccn(C2CCCCC2)n1. The summed E-state index contributed by atoms with van der Waals surface area (Å²) >= 11 is 0. The fourth-order valence-electron chi connectivity index (χ4n) is 2.42. The van der Waals surface area contributed by atoms with Crippen molar-refractivity contribution in [2.24, 2.45) is 5.73 Å². The molecule has 1 aromatic heterocycles. The fourth-order valence-corrected chi connectivity index (χ4v) is 2.42. The summed E-state index contributed by atoms with van der Waals surface area (Å²) in [6.07, 6.45) is 8.65. The van der Waals surface area contributed by atoms with Crippen LogP contribution in [-0.4, -0.2) is 21.9 Å². The fraction of sp³-hybridized carbons (Fsp3) is 0.786. The van der Waals surface area contributed by atoms with Crippen LogP contribution in [-0.2, 0) is 11.3 Å². The highest BCUT2D eigenvalue weighted by Gasteiger charge is 2.16. The molecule has 0 spiro atoms. The normalized spacial score (nSPS) is 18.2. The van der Waals surface area contributed by atoms with E-state index >= 15 is 0 Å². The Bertz CT molecular complexity index is 361. The average Bonchev–Trinajstić information content (AvgIpc) is 2.77. The summed E-state index contributed by atoms with van der Waals surface area (Å²) in [6.45, 7) is 5.05. The van der Waals surface area contributed by atoms with Gasteiger partial charge in [-0.25, -0.2) is 0 Å². The smallest absolute Gasteiger partial charge is 0.0907 e. The molecule has 2 rings (SSSR count). The topological polar surface area (TPSA) is 53.1 Å². The first-order chi connectivity index (χ1) is 8.54. The van der Waals surface area contributed by atoms with E-state index in [-0.39, 0.29) is 5.54 Å². The first kappa shape index (κ1) is 13.6. The molecule has 1 aliphatic carbocycles. The Kier molecular flexibility index (Phi) is 4.40. The van der Waals surface area contributed by atoms with Crippen molar-refractivity contribution in [3.8, 4) is 0 Å². The predicted molar refractivity (Wildman–Crippen MR) is 72.3 cm³/mol. The van der Waals surface area contributed by atoms with E-state index in [0.29, 0.717) is 19.3 Å². The van der Waals surface area contributed by atoms with Crippen molar-refractivity contribution in [1.29, 1.82) is 0 Å². The molecule has 2 N–H and O–H groups in total. The maximum absolute atomic E-state index is 5.87. The van der Waals surface area contributed by atoms with Crippen molar-refractivity contribution in [2.75, 3.05) is 6.61 Å². The van der Waals surface area contributed by atoms with Gasteiger partial charge in [0.2, 0.25) is 0 Å². The molecule has 0 saturated heterocycles. The number of hydrogen-bond acceptors (Lipinski definition) is 3. The molecule has 0 radical (unpaired) electrons. The summed E-state index contributed by atoms with van der Waals surface area (Å²) in [5.41, 5.74) is 6.60. The third kappa shape index (κ3) is 4.10. The maximum atomic E-state index is 5.87. The van der Waals surface area contributed by atoms with E-state index in [1.807, 2.05) is 13.8 Å². The van der Waals surface area contributed by atoms with Crippen LogP contribution in [0.5, 0.6) is 0 Å². The lowest BCUT2D eigenvalue weighted by molar-refractivity contribution is 0.0824. The van der Waals surface area contributed by atoms with Crippen molar-refractivity contribution < 1.29 is 4.74 Å². The third-order valence-electron chi connectivity index (χ3n) is 3.34. The minimum Gasteiger partial charge on any atom is -0.373 e. The van der Waals surface area contributed by atoms with Gasteiger partial charge in [0.15, 0.2) is 0 Å². The van der Waals surface area contributed by atoms with Gasteiger partial charge in [-0.05, 0) is 32.8 Å². The van der Waals surface area contributed by atoms with E-state index in [0.717, 1.165) is 5.69 Å². The van der Waals surface area contributed by atoms with Gasteiger partial charge in [0, 0.05) is 11.7 Å². The number of nitrogens with two attached hydrogens (primary N) is 1. The molecule has 4 nitrogen and oxygen atoms in total. The average molecular weight is 251 g/mol. The molecule has 1 fully saturated rings. The van der Waals surface area contributed by atoms with Gasteiger partial charge in [0.1, 0.15) is 0 Å². The van der Waals surface area contributed by atoms with E-state index < -0.39 is 0 Å². The van der Waals surface area contributed by atoms with Crippen LogP contribution < -0.4 is 5.73 Å². The number of nitrogens with zero attached hydrogens (tertiary/aromatic N) is 2. The van der Waals surface area contributed by atoms with Crippen molar-refractivity contribution >= 4 is 0 Å². The second-order valence-corrected chi connectivity index (χ2v) is 6.06. The molecule has 4 heteroatoms. The molecule has 1 aliphatic rings. The number of ether oxygens (including phenoxy) is 1. The standard InChI is InChI=1S/C14H25N3O/c1-14(2,15)11-18-10-12-8-9-17(16-12)13-6-4-3-5-7-13/h8-9,13H,3-7,10-11,15H2,1-2H3. The first-order valence-corrected chi connectivity index (χ1v) is 6.95. The van der Waals surface area contributed by atoms with Crippen molar-refractivity contribution in [2.45, 2.75) is 64.1 Å². The lowest BCUT2D eigenvalue weighted by atomic mass is 9.96. The zero-order chi connectivity index (χ0) is 13.0. The quantitative estimate of drug-likeness (QED) is 0.875. The summed E-state index contributed by atoms with van der Waals surface area (Å²) in [7, 11) is 0. The van der Waals surface area contributed by atoms with Crippen LogP contribution in [0.3, 0.4) is 0 Å². The van der Waals surface area contributed by atoms with Crippen molar-refractivity contribution in [1.82, 2.24) is 9.78 Å². The zero-order valence-electron chi connectivity index (χ0n) is 11.6. The lowest BCUT2D eigenvalue weighted by Gasteiger charge is -2.21. The second kappa shape index (κ2) is 5.85. The van der Waals surface area contributed by atoms with Crippen LogP contribution in [0.2, 0.25) is 0 Å². The molecule has 1 heterocycles. The highest BCUT2D eigenvalue weighted by molar-refractivity contribution is 4.98. The summed E-state index contributed by atoms with van der Waals surface area (Å²) in [5.74, 6) is 0. The van der Waals surface area contributed by atoms with E-state index in [1.54, 1.807) is 0 Å². The molecule has 0 atom stereocenters. The Hall–Kier alpha value is -0.870. The van der Waals surface area contributed by atoms with Gasteiger partial charge in [-0.1, -0.05) is 19.3 Å². The molecule has 1 saturated carbocycles. The second-order valence-electron chi connectivity index (χ2n) is 6.06. The maximum Gasteiger partial charge on any atom is 0.0907 e. The third-order valence-corrected chi connectivity index (χ3v) is 3.34. The zero-order valence-corrected chi connectivity index (χ0v) is 11.6. The van der Waals surface area contributed by atoms with Gasteiger partial charge in [-0.2, -0.15) is 5.10 Å². The number of rotatable bonds is 5. The Labute approximate surface area is 110 Å². The Morgan fingerprint density at radius 2 is 2.11 bits per heavy atom. The van der Waals surface area contributed by atoms with Crippen LogP contribution in [0.4, 0.5) is 0 Å². The lowest BCUT2D eigenvalue weighted by Crippen LogP contribution is -2.37. The molecule has 0 aromatic carbocycles. The van der Waals surface area contributed by atoms with Crippen LogP contribution >= 0.6 is 0 Å². The van der Waals surface area contributed by atoms with E-state index in [9.17, 15) is 0 Å². The summed E-state index contributed by atoms with van der Waals surface area (Å²) in [4.78, 5) is 0. The van der Waals surface area contributed by atoms with Crippen LogP contribution in [0.25, 0.3) is 0 Å². The van der Waals surface area contributed by atoms with E-state index in [1.165, 1.54) is 32.1 Å². The van der Waals surface area contributed by atoms with E-state index in [4.69, 9.17) is 10.5 Å². The van der Waals surface area contributed by atoms with Gasteiger partial charge in [0.25, 0.3) is 0 Å². The summed E-state index contributed by atoms with van der Waals surface area (Å²) in [5, 5.41) is 4.60. The van der Waals surface area contributed by atoms with Gasteiger partial charge < -0.3 is 10.5 Å². The predicted octanol–water partition coefficient (Wildman–Crippen LogP) is 2.64. The van der Waals surface area contributed by atoms with Gasteiger partial charge in [-0.15, -0.1) is 0 Å². The van der Waals surface area contributed by atoms with Crippen LogP contribution in [0.1, 0.15) is 57.7 Å². The molecule has 1 aromatic rings. The van der Waals surface area contributed by atoms with Gasteiger partial charge in [-0.3, -0.25) is 4.68 Å². The Morgan fingerprint density at radius 1 is 1.39 bits per heavy atom. The van der Waals surface area contributed by atoms with Crippen molar-refractivity contribution in [3.05, 3.63) is 18.0 Å². The van der Waals surface area contributed by atoms with Crippen LogP contribution in [0.15, 0.2) is 12.3 Å². The Balaban J connectivity index is 1.82. The Morgan fingerprint density at radius 3 is 2.78 bits per heavy atom. The monoisotopic (exact) mass is 251 g/mol. The van der Waals surface area contributed by atoms with E-state index in [2.05, 4.69) is 22.0 Å². The first-order valence-electron chi connectivity index (χ1n) is 6.95. The number of aromatic nitrogens is 2. The molecular weight excluding hydrogens is 226 g/mol. The molecule has 0 bridgehead atoms.